The molecule has 0 unspecified atom stereocenters. The van der Waals surface area contributed by atoms with Crippen LogP contribution in [-0.4, -0.2) is 27.8 Å². The van der Waals surface area contributed by atoms with Crippen molar-refractivity contribution in [3.05, 3.63) is 41.7 Å². The Labute approximate surface area is 129 Å². The molecular formula is C15H18BN3O3. The summed E-state index contributed by atoms with van der Waals surface area (Å²) in [4.78, 5) is 12.3. The fourth-order valence-corrected chi connectivity index (χ4v) is 2.46. The summed E-state index contributed by atoms with van der Waals surface area (Å²) < 4.78 is 6.93. The average molecular weight is 299 g/mol. The van der Waals surface area contributed by atoms with E-state index in [1.165, 1.54) is 0 Å². The molecule has 0 aliphatic carbocycles. The molecule has 2 aromatic rings. The number of nitrogens with zero attached hydrogens (tertiary/aromatic N) is 2. The molecule has 1 aliphatic rings. The van der Waals surface area contributed by atoms with E-state index in [1.54, 1.807) is 23.0 Å². The Morgan fingerprint density at radius 2 is 2.36 bits per heavy atom. The van der Waals surface area contributed by atoms with Crippen molar-refractivity contribution in [3.8, 4) is 0 Å². The van der Waals surface area contributed by atoms with Crippen LogP contribution < -0.4 is 10.8 Å². The summed E-state index contributed by atoms with van der Waals surface area (Å²) in [6.07, 6.45) is 3.44. The molecule has 0 saturated heterocycles. The van der Waals surface area contributed by atoms with E-state index in [1.807, 2.05) is 12.3 Å². The van der Waals surface area contributed by atoms with Crippen molar-refractivity contribution >= 4 is 24.2 Å². The molecule has 0 saturated carbocycles. The average Bonchev–Trinajstić information content (AvgIpc) is 3.05. The number of aromatic nitrogens is 2. The number of anilines is 1. The monoisotopic (exact) mass is 299 g/mol. The van der Waals surface area contributed by atoms with E-state index in [0.29, 0.717) is 29.2 Å². The van der Waals surface area contributed by atoms with Gasteiger partial charge < -0.3 is 15.0 Å². The molecule has 1 aliphatic heterocycles. The highest BCUT2D eigenvalue weighted by atomic mass is 16.5. The SMILES string of the molecule is CC(C)Cn1cc(NC(=O)c2ccc3c(c2)B(O)OC3)cn1. The van der Waals surface area contributed by atoms with E-state index in [2.05, 4.69) is 24.3 Å². The summed E-state index contributed by atoms with van der Waals surface area (Å²) in [5.41, 5.74) is 2.71. The number of nitrogens with one attached hydrogen (secondary N) is 1. The minimum absolute atomic E-state index is 0.231. The predicted molar refractivity (Wildman–Crippen MR) is 83.9 cm³/mol. The molecule has 7 heteroatoms. The number of amides is 1. The third-order valence-electron chi connectivity index (χ3n) is 3.51. The summed E-state index contributed by atoms with van der Waals surface area (Å²) in [6.45, 7) is 5.40. The van der Waals surface area contributed by atoms with Crippen LogP contribution in [0, 0.1) is 5.92 Å². The Hall–Kier alpha value is -2.12. The Balaban J connectivity index is 1.72. The molecule has 1 amide bonds. The predicted octanol–water partition coefficient (Wildman–Crippen LogP) is 1.01. The molecule has 1 aromatic carbocycles. The normalized spacial score (nSPS) is 13.5. The van der Waals surface area contributed by atoms with Gasteiger partial charge in [0.05, 0.1) is 18.5 Å². The van der Waals surface area contributed by atoms with Crippen molar-refractivity contribution in [1.29, 1.82) is 0 Å². The van der Waals surface area contributed by atoms with Crippen LogP contribution in [0.3, 0.4) is 0 Å². The van der Waals surface area contributed by atoms with Crippen molar-refractivity contribution in [2.45, 2.75) is 27.0 Å². The molecule has 0 fully saturated rings. The van der Waals surface area contributed by atoms with E-state index >= 15 is 0 Å². The van der Waals surface area contributed by atoms with Crippen LogP contribution in [0.25, 0.3) is 0 Å². The van der Waals surface area contributed by atoms with Crippen molar-refractivity contribution in [1.82, 2.24) is 9.78 Å². The maximum absolute atomic E-state index is 12.3. The fraction of sp³-hybridized carbons (Fsp3) is 0.333. The number of carbonyl (C=O) groups is 1. The highest BCUT2D eigenvalue weighted by Gasteiger charge is 2.28. The van der Waals surface area contributed by atoms with Gasteiger partial charge in [-0.2, -0.15) is 5.10 Å². The lowest BCUT2D eigenvalue weighted by Gasteiger charge is -2.05. The molecule has 6 nitrogen and oxygen atoms in total. The zero-order valence-corrected chi connectivity index (χ0v) is 12.6. The zero-order valence-electron chi connectivity index (χ0n) is 12.6. The summed E-state index contributed by atoms with van der Waals surface area (Å²) in [6, 6.07) is 5.21. The third kappa shape index (κ3) is 3.05. The molecule has 0 atom stereocenters. The molecule has 0 bridgehead atoms. The molecule has 1 aromatic heterocycles. The topological polar surface area (TPSA) is 76.4 Å². The molecule has 3 rings (SSSR count). The number of hydrogen-bond acceptors (Lipinski definition) is 4. The van der Waals surface area contributed by atoms with Gasteiger partial charge in [0, 0.05) is 18.3 Å². The Kier molecular flexibility index (Phi) is 4.00. The third-order valence-corrected chi connectivity index (χ3v) is 3.51. The van der Waals surface area contributed by atoms with Gasteiger partial charge in [0.25, 0.3) is 5.91 Å². The minimum Gasteiger partial charge on any atom is -0.423 e. The van der Waals surface area contributed by atoms with Crippen LogP contribution in [0.1, 0.15) is 29.8 Å². The molecule has 2 heterocycles. The van der Waals surface area contributed by atoms with Gasteiger partial charge >= 0.3 is 7.12 Å². The van der Waals surface area contributed by atoms with Crippen LogP contribution in [0.5, 0.6) is 0 Å². The van der Waals surface area contributed by atoms with Gasteiger partial charge in [-0.05, 0) is 29.1 Å². The second kappa shape index (κ2) is 5.94. The standard InChI is InChI=1S/C15H18BN3O3/c1-10(2)7-19-8-13(6-17-19)18-15(20)11-3-4-12-9-22-16(21)14(12)5-11/h3-6,8,10,21H,7,9H2,1-2H3,(H,18,20). The van der Waals surface area contributed by atoms with Crippen molar-refractivity contribution in [3.63, 3.8) is 0 Å². The van der Waals surface area contributed by atoms with E-state index in [4.69, 9.17) is 4.65 Å². The van der Waals surface area contributed by atoms with Crippen molar-refractivity contribution < 1.29 is 14.5 Å². The molecule has 22 heavy (non-hydrogen) atoms. The van der Waals surface area contributed by atoms with Gasteiger partial charge in [-0.15, -0.1) is 0 Å². The number of rotatable bonds is 4. The fourth-order valence-electron chi connectivity index (χ4n) is 2.46. The smallest absolute Gasteiger partial charge is 0.423 e. The van der Waals surface area contributed by atoms with Gasteiger partial charge in [0.15, 0.2) is 0 Å². The van der Waals surface area contributed by atoms with E-state index in [-0.39, 0.29) is 5.91 Å². The Morgan fingerprint density at radius 3 is 3.14 bits per heavy atom. The maximum atomic E-state index is 12.3. The van der Waals surface area contributed by atoms with E-state index in [9.17, 15) is 9.82 Å². The summed E-state index contributed by atoms with van der Waals surface area (Å²) in [5, 5.41) is 16.7. The van der Waals surface area contributed by atoms with E-state index in [0.717, 1.165) is 12.1 Å². The molecule has 0 spiro atoms. The largest absolute Gasteiger partial charge is 0.491 e. The van der Waals surface area contributed by atoms with Gasteiger partial charge in [-0.1, -0.05) is 19.9 Å². The van der Waals surface area contributed by atoms with Gasteiger partial charge in [-0.3, -0.25) is 9.48 Å². The second-order valence-electron chi connectivity index (χ2n) is 5.88. The number of benzene rings is 1. The highest BCUT2D eigenvalue weighted by molar-refractivity contribution is 6.61. The lowest BCUT2D eigenvalue weighted by atomic mass is 9.79. The van der Waals surface area contributed by atoms with Gasteiger partial charge in [-0.25, -0.2) is 0 Å². The summed E-state index contributed by atoms with van der Waals surface area (Å²) in [7, 11) is -0.948. The van der Waals surface area contributed by atoms with Crippen molar-refractivity contribution in [2.24, 2.45) is 5.92 Å². The van der Waals surface area contributed by atoms with E-state index < -0.39 is 7.12 Å². The maximum Gasteiger partial charge on any atom is 0.491 e. The van der Waals surface area contributed by atoms with Crippen LogP contribution in [0.4, 0.5) is 5.69 Å². The second-order valence-corrected chi connectivity index (χ2v) is 5.88. The molecule has 2 N–H and O–H groups in total. The first-order valence-electron chi connectivity index (χ1n) is 7.29. The van der Waals surface area contributed by atoms with Gasteiger partial charge in [0.1, 0.15) is 0 Å². The molecule has 0 radical (unpaired) electrons. The first-order valence-corrected chi connectivity index (χ1v) is 7.29. The number of carbonyl (C=O) groups excluding carboxylic acids is 1. The van der Waals surface area contributed by atoms with Crippen LogP contribution in [0.15, 0.2) is 30.6 Å². The number of fused-ring (bicyclic) bond motifs is 1. The summed E-state index contributed by atoms with van der Waals surface area (Å²) >= 11 is 0. The molecular weight excluding hydrogens is 281 g/mol. The quantitative estimate of drug-likeness (QED) is 0.826. The van der Waals surface area contributed by atoms with Crippen LogP contribution >= 0.6 is 0 Å². The van der Waals surface area contributed by atoms with Crippen LogP contribution in [0.2, 0.25) is 0 Å². The first kappa shape index (κ1) is 14.8. The van der Waals surface area contributed by atoms with Gasteiger partial charge in [0.2, 0.25) is 0 Å². The Morgan fingerprint density at radius 1 is 1.55 bits per heavy atom. The number of hydrogen-bond donors (Lipinski definition) is 2. The zero-order chi connectivity index (χ0) is 15.7. The summed E-state index contributed by atoms with van der Waals surface area (Å²) in [5.74, 6) is 0.257. The molecule has 114 valence electrons. The highest BCUT2D eigenvalue weighted by Crippen LogP contribution is 2.13. The Bertz CT molecular complexity index is 699. The van der Waals surface area contributed by atoms with Crippen molar-refractivity contribution in [2.75, 3.05) is 5.32 Å². The minimum atomic E-state index is -0.948. The lowest BCUT2D eigenvalue weighted by Crippen LogP contribution is -2.29. The first-order chi connectivity index (χ1) is 10.5. The van der Waals surface area contributed by atoms with Crippen LogP contribution in [-0.2, 0) is 17.8 Å². The lowest BCUT2D eigenvalue weighted by molar-refractivity contribution is 0.102.